The molecule has 1 fully saturated rings. The highest BCUT2D eigenvalue weighted by molar-refractivity contribution is 6.02. The Kier molecular flexibility index (Phi) is 9.53. The van der Waals surface area contributed by atoms with Gasteiger partial charge in [0.15, 0.2) is 0 Å². The maximum atomic E-state index is 12.7. The molecule has 2 rings (SSSR count). The number of imide groups is 1. The zero-order chi connectivity index (χ0) is 24.5. The van der Waals surface area contributed by atoms with E-state index in [2.05, 4.69) is 21.3 Å². The summed E-state index contributed by atoms with van der Waals surface area (Å²) >= 11 is 0. The Bertz CT molecular complexity index is 868. The molecule has 1 aromatic rings. The summed E-state index contributed by atoms with van der Waals surface area (Å²) in [5.41, 5.74) is 1.69. The fraction of sp³-hybridized carbons (Fsp3) is 0.522. The average Bonchev–Trinajstić information content (AvgIpc) is 3.08. The van der Waals surface area contributed by atoms with Crippen LogP contribution in [0.5, 0.6) is 0 Å². The molecule has 1 aliphatic heterocycles. The Morgan fingerprint density at radius 3 is 2.09 bits per heavy atom. The van der Waals surface area contributed by atoms with Crippen molar-refractivity contribution in [3.05, 3.63) is 29.8 Å². The lowest BCUT2D eigenvalue weighted by Gasteiger charge is -2.24. The molecule has 1 aromatic carbocycles. The van der Waals surface area contributed by atoms with Crippen LogP contribution in [-0.2, 0) is 30.5 Å². The second kappa shape index (κ2) is 12.1. The highest BCUT2D eigenvalue weighted by Gasteiger charge is 2.30. The minimum Gasteiger partial charge on any atom is -0.344 e. The van der Waals surface area contributed by atoms with Gasteiger partial charge in [0.25, 0.3) is 0 Å². The number of benzene rings is 1. The Morgan fingerprint density at radius 1 is 0.939 bits per heavy atom. The van der Waals surface area contributed by atoms with Gasteiger partial charge >= 0.3 is 0 Å². The number of rotatable bonds is 11. The van der Waals surface area contributed by atoms with E-state index in [0.717, 1.165) is 10.5 Å². The minimum absolute atomic E-state index is 0.0121. The maximum absolute atomic E-state index is 12.7. The lowest BCUT2D eigenvalue weighted by Crippen LogP contribution is -2.54. The number of amides is 5. The predicted octanol–water partition coefficient (Wildman–Crippen LogP) is 0.529. The first-order chi connectivity index (χ1) is 15.6. The largest absolute Gasteiger partial charge is 0.344 e. The van der Waals surface area contributed by atoms with E-state index >= 15 is 0 Å². The van der Waals surface area contributed by atoms with Crippen LogP contribution in [0.4, 0.5) is 5.69 Å². The summed E-state index contributed by atoms with van der Waals surface area (Å²) in [4.78, 5) is 62.0. The molecular formula is C23H33N5O5. The van der Waals surface area contributed by atoms with Gasteiger partial charge in [0.2, 0.25) is 29.5 Å². The van der Waals surface area contributed by atoms with Crippen LogP contribution in [-0.4, -0.2) is 60.1 Å². The van der Waals surface area contributed by atoms with Gasteiger partial charge in [-0.25, -0.2) is 0 Å². The summed E-state index contributed by atoms with van der Waals surface area (Å²) in [7, 11) is 1.85. The Labute approximate surface area is 193 Å². The van der Waals surface area contributed by atoms with Gasteiger partial charge in [-0.1, -0.05) is 26.0 Å². The van der Waals surface area contributed by atoms with Crippen molar-refractivity contribution in [2.24, 2.45) is 5.92 Å². The number of anilines is 1. The van der Waals surface area contributed by atoms with Gasteiger partial charge in [-0.15, -0.1) is 0 Å². The molecular weight excluding hydrogens is 426 g/mol. The van der Waals surface area contributed by atoms with Crippen LogP contribution in [0.3, 0.4) is 0 Å². The van der Waals surface area contributed by atoms with Gasteiger partial charge in [-0.2, -0.15) is 0 Å². The van der Waals surface area contributed by atoms with Crippen molar-refractivity contribution >= 4 is 35.2 Å². The van der Waals surface area contributed by atoms with E-state index in [1.54, 1.807) is 32.9 Å². The van der Waals surface area contributed by atoms with Gasteiger partial charge in [-0.3, -0.25) is 28.9 Å². The van der Waals surface area contributed by atoms with Gasteiger partial charge in [-0.05, 0) is 37.6 Å². The first kappa shape index (κ1) is 26.0. The zero-order valence-electron chi connectivity index (χ0n) is 19.6. The second-order valence-corrected chi connectivity index (χ2v) is 8.43. The number of carbonyl (C=O) groups is 5. The SMILES string of the molecule is CNCc1ccc(NC(=O)[C@H](C)NC(=O)[C@@H](NC(=O)CCN2C(=O)CCC2=O)C(C)C)cc1. The summed E-state index contributed by atoms with van der Waals surface area (Å²) in [5, 5.41) is 11.1. The van der Waals surface area contributed by atoms with Crippen LogP contribution in [0.25, 0.3) is 0 Å². The van der Waals surface area contributed by atoms with Crippen LogP contribution < -0.4 is 21.3 Å². The topological polar surface area (TPSA) is 137 Å². The molecule has 0 aromatic heterocycles. The van der Waals surface area contributed by atoms with E-state index in [9.17, 15) is 24.0 Å². The molecule has 180 valence electrons. The number of hydrogen-bond donors (Lipinski definition) is 4. The van der Waals surface area contributed by atoms with Crippen molar-refractivity contribution in [3.8, 4) is 0 Å². The summed E-state index contributed by atoms with van der Waals surface area (Å²) in [5.74, 6) is -2.14. The standard InChI is InChI=1S/C23H33N5O5/c1-14(2)21(27-18(29)11-12-28-19(30)9-10-20(28)31)23(33)25-15(3)22(32)26-17-7-5-16(6-8-17)13-24-4/h5-8,14-15,21,24H,9-13H2,1-4H3,(H,25,33)(H,26,32)(H,27,29)/t15-,21-/m0/s1. The molecule has 33 heavy (non-hydrogen) atoms. The molecule has 0 aliphatic carbocycles. The molecule has 1 saturated heterocycles. The fourth-order valence-electron chi connectivity index (χ4n) is 3.40. The summed E-state index contributed by atoms with van der Waals surface area (Å²) in [6.07, 6.45) is 0.239. The summed E-state index contributed by atoms with van der Waals surface area (Å²) in [6.45, 7) is 5.81. The molecule has 10 heteroatoms. The molecule has 1 heterocycles. The molecule has 0 saturated carbocycles. The van der Waals surface area contributed by atoms with E-state index in [-0.39, 0.29) is 49.4 Å². The average molecular weight is 460 g/mol. The van der Waals surface area contributed by atoms with Crippen molar-refractivity contribution in [1.82, 2.24) is 20.9 Å². The first-order valence-corrected chi connectivity index (χ1v) is 11.1. The molecule has 0 radical (unpaired) electrons. The van der Waals surface area contributed by atoms with Crippen LogP contribution >= 0.6 is 0 Å². The normalized spacial score (nSPS) is 15.4. The Balaban J connectivity index is 1.87. The molecule has 10 nitrogen and oxygen atoms in total. The molecule has 2 atom stereocenters. The highest BCUT2D eigenvalue weighted by atomic mass is 16.2. The van der Waals surface area contributed by atoms with Gasteiger partial charge in [0, 0.05) is 38.0 Å². The second-order valence-electron chi connectivity index (χ2n) is 8.43. The van der Waals surface area contributed by atoms with Crippen molar-refractivity contribution in [1.29, 1.82) is 0 Å². The number of carbonyl (C=O) groups excluding carboxylic acids is 5. The third-order valence-corrected chi connectivity index (χ3v) is 5.34. The monoisotopic (exact) mass is 459 g/mol. The highest BCUT2D eigenvalue weighted by Crippen LogP contribution is 2.12. The van der Waals surface area contributed by atoms with Crippen molar-refractivity contribution in [2.75, 3.05) is 18.9 Å². The van der Waals surface area contributed by atoms with Crippen LogP contribution in [0.2, 0.25) is 0 Å². The number of nitrogens with one attached hydrogen (secondary N) is 4. The summed E-state index contributed by atoms with van der Waals surface area (Å²) < 4.78 is 0. The third-order valence-electron chi connectivity index (χ3n) is 5.34. The lowest BCUT2D eigenvalue weighted by atomic mass is 10.0. The van der Waals surface area contributed by atoms with Crippen LogP contribution in [0, 0.1) is 5.92 Å². The van der Waals surface area contributed by atoms with E-state index in [1.807, 2.05) is 19.2 Å². The Hall–Kier alpha value is -3.27. The molecule has 0 bridgehead atoms. The molecule has 1 aliphatic rings. The van der Waals surface area contributed by atoms with E-state index in [1.165, 1.54) is 0 Å². The molecule has 0 unspecified atom stereocenters. The van der Waals surface area contributed by atoms with Crippen molar-refractivity contribution in [2.45, 2.75) is 58.7 Å². The molecule has 5 amide bonds. The number of nitrogens with zero attached hydrogens (tertiary/aromatic N) is 1. The van der Waals surface area contributed by atoms with Crippen molar-refractivity contribution in [3.63, 3.8) is 0 Å². The number of likely N-dealkylation sites (tertiary alicyclic amines) is 1. The molecule has 0 spiro atoms. The zero-order valence-corrected chi connectivity index (χ0v) is 19.6. The fourth-order valence-corrected chi connectivity index (χ4v) is 3.40. The van der Waals surface area contributed by atoms with Crippen molar-refractivity contribution < 1.29 is 24.0 Å². The summed E-state index contributed by atoms with van der Waals surface area (Å²) in [6, 6.07) is 5.66. The van der Waals surface area contributed by atoms with E-state index < -0.39 is 23.9 Å². The van der Waals surface area contributed by atoms with Gasteiger partial charge in [0.1, 0.15) is 12.1 Å². The predicted molar refractivity (Wildman–Crippen MR) is 123 cm³/mol. The van der Waals surface area contributed by atoms with E-state index in [0.29, 0.717) is 12.2 Å². The van der Waals surface area contributed by atoms with Crippen LogP contribution in [0.15, 0.2) is 24.3 Å². The van der Waals surface area contributed by atoms with Crippen LogP contribution in [0.1, 0.15) is 45.6 Å². The minimum atomic E-state index is -0.862. The third kappa shape index (κ3) is 7.67. The molecule has 4 N–H and O–H groups in total. The maximum Gasteiger partial charge on any atom is 0.246 e. The first-order valence-electron chi connectivity index (χ1n) is 11.1. The van der Waals surface area contributed by atoms with E-state index in [4.69, 9.17) is 0 Å². The van der Waals surface area contributed by atoms with Gasteiger partial charge in [0.05, 0.1) is 0 Å². The lowest BCUT2D eigenvalue weighted by molar-refractivity contribution is -0.139. The smallest absolute Gasteiger partial charge is 0.246 e. The van der Waals surface area contributed by atoms with Gasteiger partial charge < -0.3 is 21.3 Å². The number of hydrogen-bond acceptors (Lipinski definition) is 6. The quantitative estimate of drug-likeness (QED) is 0.356. The Morgan fingerprint density at radius 2 is 1.55 bits per heavy atom.